The summed E-state index contributed by atoms with van der Waals surface area (Å²) < 4.78 is 0. The summed E-state index contributed by atoms with van der Waals surface area (Å²) >= 11 is 0. The molecular formula is C17H26N4O2. The SMILES string of the molecule is CCNC(=NCCCN1C(=O)C2C3C=CC(C3)C2C1=O)N(C)C. The lowest BCUT2D eigenvalue weighted by molar-refractivity contribution is -0.140. The molecule has 2 amide bonds. The second-order valence-electron chi connectivity index (χ2n) is 6.81. The summed E-state index contributed by atoms with van der Waals surface area (Å²) in [4.78, 5) is 33.0. The van der Waals surface area contributed by atoms with Gasteiger partial charge in [0, 0.05) is 33.7 Å². The number of hydrogen-bond acceptors (Lipinski definition) is 3. The van der Waals surface area contributed by atoms with Crippen molar-refractivity contribution in [2.75, 3.05) is 33.7 Å². The first-order valence-corrected chi connectivity index (χ1v) is 8.53. The molecule has 0 aromatic heterocycles. The van der Waals surface area contributed by atoms with E-state index in [1.54, 1.807) is 0 Å². The number of hydrogen-bond donors (Lipinski definition) is 1. The maximum Gasteiger partial charge on any atom is 0.233 e. The van der Waals surface area contributed by atoms with E-state index in [0.717, 1.165) is 18.9 Å². The number of fused-ring (bicyclic) bond motifs is 5. The maximum absolute atomic E-state index is 12.5. The molecule has 0 spiro atoms. The average Bonchev–Trinajstić information content (AvgIpc) is 3.18. The summed E-state index contributed by atoms with van der Waals surface area (Å²) in [6, 6.07) is 0. The molecule has 3 rings (SSSR count). The zero-order valence-electron chi connectivity index (χ0n) is 14.2. The lowest BCUT2D eigenvalue weighted by Gasteiger charge is -2.18. The van der Waals surface area contributed by atoms with Crippen molar-refractivity contribution in [1.29, 1.82) is 0 Å². The normalized spacial score (nSPS) is 32.0. The molecular weight excluding hydrogens is 292 g/mol. The summed E-state index contributed by atoms with van der Waals surface area (Å²) in [6.45, 7) is 3.94. The second kappa shape index (κ2) is 6.34. The van der Waals surface area contributed by atoms with Gasteiger partial charge >= 0.3 is 0 Å². The molecule has 23 heavy (non-hydrogen) atoms. The minimum Gasteiger partial charge on any atom is -0.357 e. The maximum atomic E-state index is 12.5. The van der Waals surface area contributed by atoms with Crippen LogP contribution in [0.4, 0.5) is 0 Å². The first kappa shape index (κ1) is 16.0. The van der Waals surface area contributed by atoms with Crippen LogP contribution in [0.2, 0.25) is 0 Å². The van der Waals surface area contributed by atoms with Crippen molar-refractivity contribution in [2.24, 2.45) is 28.7 Å². The lowest BCUT2D eigenvalue weighted by Crippen LogP contribution is -2.37. The van der Waals surface area contributed by atoms with E-state index in [1.165, 1.54) is 4.90 Å². The van der Waals surface area contributed by atoms with Crippen molar-refractivity contribution in [3.63, 3.8) is 0 Å². The molecule has 1 N–H and O–H groups in total. The van der Waals surface area contributed by atoms with Gasteiger partial charge in [0.25, 0.3) is 0 Å². The molecule has 0 aromatic carbocycles. The fourth-order valence-corrected chi connectivity index (χ4v) is 4.11. The number of nitrogens with zero attached hydrogens (tertiary/aromatic N) is 3. The number of allylic oxidation sites excluding steroid dienone is 2. The van der Waals surface area contributed by atoms with Crippen LogP contribution < -0.4 is 5.32 Å². The molecule has 3 aliphatic rings. The van der Waals surface area contributed by atoms with Crippen LogP contribution in [0.15, 0.2) is 17.1 Å². The molecule has 4 unspecified atom stereocenters. The van der Waals surface area contributed by atoms with Crippen molar-refractivity contribution >= 4 is 17.8 Å². The van der Waals surface area contributed by atoms with Crippen LogP contribution in [0, 0.1) is 23.7 Å². The number of imide groups is 1. The van der Waals surface area contributed by atoms with Gasteiger partial charge in [0.15, 0.2) is 5.96 Å². The molecule has 6 heteroatoms. The second-order valence-corrected chi connectivity index (χ2v) is 6.81. The van der Waals surface area contributed by atoms with Gasteiger partial charge in [0.05, 0.1) is 11.8 Å². The molecule has 0 radical (unpaired) electrons. The van der Waals surface area contributed by atoms with E-state index in [1.807, 2.05) is 25.9 Å². The van der Waals surface area contributed by atoms with Gasteiger partial charge in [-0.25, -0.2) is 0 Å². The third-order valence-electron chi connectivity index (χ3n) is 5.12. The van der Waals surface area contributed by atoms with Crippen LogP contribution in [0.25, 0.3) is 0 Å². The highest BCUT2D eigenvalue weighted by molar-refractivity contribution is 6.06. The number of amides is 2. The van der Waals surface area contributed by atoms with Crippen LogP contribution in [-0.2, 0) is 9.59 Å². The number of aliphatic imine (C=N–C) groups is 1. The largest absolute Gasteiger partial charge is 0.357 e. The van der Waals surface area contributed by atoms with E-state index in [2.05, 4.69) is 22.5 Å². The summed E-state index contributed by atoms with van der Waals surface area (Å²) in [6.07, 6.45) is 5.96. The fourth-order valence-electron chi connectivity index (χ4n) is 4.11. The monoisotopic (exact) mass is 318 g/mol. The van der Waals surface area contributed by atoms with Gasteiger partial charge < -0.3 is 10.2 Å². The van der Waals surface area contributed by atoms with E-state index in [0.29, 0.717) is 31.3 Å². The summed E-state index contributed by atoms with van der Waals surface area (Å²) in [5.74, 6) is 1.34. The Morgan fingerprint density at radius 2 is 1.87 bits per heavy atom. The van der Waals surface area contributed by atoms with E-state index in [4.69, 9.17) is 0 Å². The summed E-state index contributed by atoms with van der Waals surface area (Å²) in [5, 5.41) is 3.20. The van der Waals surface area contributed by atoms with Crippen LogP contribution in [0.1, 0.15) is 19.8 Å². The van der Waals surface area contributed by atoms with Crippen LogP contribution in [0.5, 0.6) is 0 Å². The quantitative estimate of drug-likeness (QED) is 0.267. The van der Waals surface area contributed by atoms with Crippen LogP contribution in [0.3, 0.4) is 0 Å². The van der Waals surface area contributed by atoms with Gasteiger partial charge in [-0.05, 0) is 31.6 Å². The van der Waals surface area contributed by atoms with Gasteiger partial charge in [0.1, 0.15) is 0 Å². The number of carbonyl (C=O) groups is 2. The van der Waals surface area contributed by atoms with E-state index in [9.17, 15) is 9.59 Å². The zero-order valence-corrected chi connectivity index (χ0v) is 14.2. The first-order valence-electron chi connectivity index (χ1n) is 8.53. The fraction of sp³-hybridized carbons (Fsp3) is 0.706. The summed E-state index contributed by atoms with van der Waals surface area (Å²) in [5.41, 5.74) is 0. The number of likely N-dealkylation sites (tertiary alicyclic amines) is 1. The smallest absolute Gasteiger partial charge is 0.233 e. The molecule has 2 bridgehead atoms. The molecule has 1 heterocycles. The lowest BCUT2D eigenvalue weighted by atomic mass is 9.85. The number of nitrogens with one attached hydrogen (secondary N) is 1. The Kier molecular flexibility index (Phi) is 4.41. The molecule has 1 saturated carbocycles. The number of carbonyl (C=O) groups excluding carboxylic acids is 2. The minimum absolute atomic E-state index is 0.0420. The summed E-state index contributed by atoms with van der Waals surface area (Å²) in [7, 11) is 3.89. The third-order valence-corrected chi connectivity index (χ3v) is 5.12. The molecule has 1 saturated heterocycles. The Bertz CT molecular complexity index is 525. The van der Waals surface area contributed by atoms with E-state index in [-0.39, 0.29) is 23.7 Å². The van der Waals surface area contributed by atoms with Gasteiger partial charge in [0.2, 0.25) is 11.8 Å². The first-order chi connectivity index (χ1) is 11.0. The highest BCUT2D eigenvalue weighted by Gasteiger charge is 2.58. The Balaban J connectivity index is 1.55. The predicted octanol–water partition coefficient (Wildman–Crippen LogP) is 0.711. The van der Waals surface area contributed by atoms with E-state index >= 15 is 0 Å². The standard InChI is InChI=1S/C17H26N4O2/c1-4-18-17(20(2)3)19-8-5-9-21-15(22)13-11-6-7-12(10-11)14(13)16(21)23/h6-7,11-14H,4-5,8-10H2,1-3H3,(H,18,19). The molecule has 1 aliphatic heterocycles. The third kappa shape index (κ3) is 2.75. The van der Waals surface area contributed by atoms with Crippen molar-refractivity contribution < 1.29 is 9.59 Å². The molecule has 2 aliphatic carbocycles. The molecule has 126 valence electrons. The van der Waals surface area contributed by atoms with Crippen molar-refractivity contribution in [1.82, 2.24) is 15.1 Å². The number of guanidine groups is 1. The van der Waals surface area contributed by atoms with Gasteiger partial charge in [-0.15, -0.1) is 0 Å². The van der Waals surface area contributed by atoms with Crippen molar-refractivity contribution in [3.8, 4) is 0 Å². The Morgan fingerprint density at radius 3 is 2.39 bits per heavy atom. The minimum atomic E-state index is -0.0832. The van der Waals surface area contributed by atoms with Crippen molar-refractivity contribution in [2.45, 2.75) is 19.8 Å². The Morgan fingerprint density at radius 1 is 1.26 bits per heavy atom. The molecule has 4 atom stereocenters. The topological polar surface area (TPSA) is 65.0 Å². The van der Waals surface area contributed by atoms with Gasteiger partial charge in [-0.1, -0.05) is 12.2 Å². The molecule has 6 nitrogen and oxygen atoms in total. The van der Waals surface area contributed by atoms with Gasteiger partial charge in [-0.2, -0.15) is 0 Å². The number of rotatable bonds is 5. The van der Waals surface area contributed by atoms with E-state index < -0.39 is 0 Å². The Labute approximate surface area is 137 Å². The average molecular weight is 318 g/mol. The Hall–Kier alpha value is -1.85. The predicted molar refractivity (Wildman–Crippen MR) is 88.7 cm³/mol. The van der Waals surface area contributed by atoms with Crippen LogP contribution >= 0.6 is 0 Å². The highest BCUT2D eigenvalue weighted by atomic mass is 16.2. The molecule has 0 aromatic rings. The van der Waals surface area contributed by atoms with Gasteiger partial charge in [-0.3, -0.25) is 19.5 Å². The zero-order chi connectivity index (χ0) is 16.6. The van der Waals surface area contributed by atoms with Crippen LogP contribution in [-0.4, -0.2) is 61.3 Å². The highest BCUT2D eigenvalue weighted by Crippen LogP contribution is 2.52. The van der Waals surface area contributed by atoms with Crippen molar-refractivity contribution in [3.05, 3.63) is 12.2 Å². The molecule has 2 fully saturated rings.